The van der Waals surface area contributed by atoms with Crippen LogP contribution in [0.4, 0.5) is 70.4 Å². The van der Waals surface area contributed by atoms with Gasteiger partial charge in [-0.15, -0.1) is 12.4 Å². The standard InChI is InChI=1S/C36H52F2N8O5.C31H44F2N8O3.C29H34F2N6O5.C7H18N2O.ClH.H3P.W/c1-36(2,3)51-35(48)45(21-25-7-8-25)30-19-26(13-15-40-30)34-42-29(23-50-34)33(47)41-28-22-46(43-31(28)32(37)38)27-11-9-24(10-12-27)20-44(4)16-6-18-49-17-5-14-39;1-40(13-3-15-43-14-2-11-34)18-22-6-8-24(9-7-22)41-19-25(28(39-41)29(32)33)37-30(42)26-20-44-31(38-26)23-10-12-35-27(16-23)36-17-21-4-5-21;1-29(2,3)42-28(40)36(13-17-4-5-17)23-12-19(10-11-32-23)27-34-22(16-41-27)26(39)33-21-14-37(35-24(21)25(30)31)20-8-6-18(15-38)7-9-20;1-9-5-3-7-10-6-2-4-8;;;/h13,15,19,22-25,27,32H,5-12,14,16-18,20-21,39H2,1-4H3,(H,41,47);10,12,16,19-22,24,29H,2-9,11,13-15,17-18,34H2,1H3,(H,35,36)(H,37,42);10-12,14-18,20,25H,4-9,13H2,1-3H3,(H,33,39);9H,2-8H2,1H3;1H;1H3;. The van der Waals surface area contributed by atoms with Gasteiger partial charge >= 0.3 is 12.2 Å². The van der Waals surface area contributed by atoms with Crippen LogP contribution in [0, 0.1) is 35.5 Å². The molecule has 9 aromatic heterocycles. The van der Waals surface area contributed by atoms with Crippen LogP contribution in [0.25, 0.3) is 34.4 Å². The number of carbonyl (C=O) groups is 6. The van der Waals surface area contributed by atoms with Crippen LogP contribution in [-0.2, 0) is 49.5 Å². The van der Waals surface area contributed by atoms with E-state index in [1.54, 1.807) is 87.4 Å². The van der Waals surface area contributed by atoms with Crippen molar-refractivity contribution in [2.75, 3.05) is 164 Å². The van der Waals surface area contributed by atoms with Gasteiger partial charge < -0.3 is 95.3 Å². The smallest absolute Gasteiger partial charge is 0.416 e. The molecule has 1 unspecified atom stereocenters. The van der Waals surface area contributed by atoms with E-state index < -0.39 is 77.5 Å². The van der Waals surface area contributed by atoms with Crippen LogP contribution in [0.1, 0.15) is 282 Å². The van der Waals surface area contributed by atoms with E-state index >= 15 is 0 Å². The fourth-order valence-electron chi connectivity index (χ4n) is 17.4. The number of amides is 5. The summed E-state index contributed by atoms with van der Waals surface area (Å²) in [7, 11) is 6.19. The maximum Gasteiger partial charge on any atom is 0.416 e. The SMILES string of the molecule is CC(C)(C)OC(=O)N(CC1CC1)c1cc(-c2nc(C(=O)Nc3cn(C4CCC(C=O)CC4)nc3C(F)F)co2)ccn1.CN(CCCOCCCN)CC1CCC(n2cc(NC(=O)c3coc(-c4ccnc(N(CC5CC5)C(=O)OC(C)(C)C)c4)n3)c(C(F)F)n2)CC1.CN(CCCOCCCN)CC1CCC(n2cc(NC(=O)c3coc(-c4ccnc(NCC5CC5)c4)n3)c(C(F)F)n2)CC1.CNCCCOCCCN.Cl.P.[W]. The number of oxazole rings is 3. The fourth-order valence-corrected chi connectivity index (χ4v) is 17.4. The summed E-state index contributed by atoms with van der Waals surface area (Å²) >= 11 is 0. The molecule has 6 fully saturated rings. The monoisotopic (exact) mass is 2310 g/mol. The number of pyridine rings is 3. The molecule has 0 bridgehead atoms. The van der Waals surface area contributed by atoms with Gasteiger partial charge in [0.1, 0.15) is 53.7 Å². The van der Waals surface area contributed by atoms with Gasteiger partial charge in [0.2, 0.25) is 17.7 Å². The fraction of sp³-hybridized carbons (Fsp3) is 0.621. The van der Waals surface area contributed by atoms with Crippen LogP contribution >= 0.6 is 22.3 Å². The van der Waals surface area contributed by atoms with E-state index in [4.69, 9.17) is 54.1 Å². The molecular formula is C103H152ClF6N24O14PW. The number of aldehydes is 1. The summed E-state index contributed by atoms with van der Waals surface area (Å²) < 4.78 is 133. The first-order chi connectivity index (χ1) is 70.7. The summed E-state index contributed by atoms with van der Waals surface area (Å²) in [6.45, 7) is 24.0. The van der Waals surface area contributed by atoms with Crippen molar-refractivity contribution in [2.24, 2.45) is 52.7 Å². The average molecular weight is 2310 g/mol. The third-order valence-corrected chi connectivity index (χ3v) is 25.9. The molecule has 5 amide bonds. The molecule has 47 heteroatoms. The molecule has 0 saturated heterocycles. The minimum absolute atomic E-state index is 0. The predicted molar refractivity (Wildman–Crippen MR) is 562 cm³/mol. The normalized spacial score (nSPS) is 17.6. The summed E-state index contributed by atoms with van der Waals surface area (Å²) in [5, 5.41) is 26.4. The zero-order valence-corrected chi connectivity index (χ0v) is 92.7. The second-order valence-electron chi connectivity index (χ2n) is 40.7. The van der Waals surface area contributed by atoms with Gasteiger partial charge in [-0.2, -0.15) is 25.2 Å². The molecule has 6 aliphatic rings. The Morgan fingerprint density at radius 3 is 1.11 bits per heavy atom. The molecule has 38 nitrogen and oxygen atoms in total. The molecule has 11 N–H and O–H groups in total. The first-order valence-electron chi connectivity index (χ1n) is 51.6. The second kappa shape index (κ2) is 61.6. The molecule has 9 heterocycles. The summed E-state index contributed by atoms with van der Waals surface area (Å²) in [6, 6.07) is 9.92. The summed E-state index contributed by atoms with van der Waals surface area (Å²) in [5.74, 6) is 2.26. The topological polar surface area (TPSA) is 470 Å². The van der Waals surface area contributed by atoms with Gasteiger partial charge in [0.05, 0.1) is 35.2 Å². The molecule has 9 aromatic rings. The number of halogens is 7. The number of anilines is 6. The minimum Gasteiger partial charge on any atom is -0.444 e. The molecule has 0 radical (unpaired) electrons. The Balaban J connectivity index is 0.000000237. The molecule has 15 rings (SSSR count). The van der Waals surface area contributed by atoms with E-state index in [2.05, 4.69) is 95.7 Å². The Bertz CT molecular complexity index is 5570. The van der Waals surface area contributed by atoms with Crippen molar-refractivity contribution in [2.45, 2.75) is 244 Å². The van der Waals surface area contributed by atoms with Gasteiger partial charge in [-0.05, 0) is 309 Å². The van der Waals surface area contributed by atoms with E-state index in [1.165, 1.54) is 70.8 Å². The van der Waals surface area contributed by atoms with E-state index in [0.29, 0.717) is 129 Å². The number of ether oxygens (including phenoxy) is 5. The van der Waals surface area contributed by atoms with Gasteiger partial charge in [0.25, 0.3) is 37.0 Å². The van der Waals surface area contributed by atoms with Gasteiger partial charge in [-0.1, -0.05) is 0 Å². The Morgan fingerprint density at radius 2 is 0.780 bits per heavy atom. The van der Waals surface area contributed by atoms with Crippen LogP contribution in [-0.4, -0.2) is 249 Å². The number of nitrogens with two attached hydrogens (primary N) is 3. The Hall–Kier alpha value is -10.2. The number of nitrogens with one attached hydrogen (secondary N) is 5. The first-order valence-corrected chi connectivity index (χ1v) is 51.6. The maximum absolute atomic E-state index is 14.1. The molecule has 6 saturated carbocycles. The van der Waals surface area contributed by atoms with Gasteiger partial charge in [0, 0.05) is 166 Å². The first kappa shape index (κ1) is 123. The van der Waals surface area contributed by atoms with Crippen LogP contribution in [0.15, 0.2) is 106 Å². The number of hydrogen-bond donors (Lipinski definition) is 8. The molecule has 828 valence electrons. The van der Waals surface area contributed by atoms with Crippen molar-refractivity contribution in [3.63, 3.8) is 0 Å². The van der Waals surface area contributed by atoms with Crippen molar-refractivity contribution in [3.8, 4) is 34.4 Å². The molecule has 0 aromatic carbocycles. The van der Waals surface area contributed by atoms with Gasteiger partial charge in [-0.3, -0.25) is 38.2 Å². The zero-order chi connectivity index (χ0) is 105. The second-order valence-corrected chi connectivity index (χ2v) is 40.7. The van der Waals surface area contributed by atoms with Crippen molar-refractivity contribution in [1.29, 1.82) is 0 Å². The molecule has 150 heavy (non-hydrogen) atoms. The number of rotatable bonds is 50. The summed E-state index contributed by atoms with van der Waals surface area (Å²) in [6.07, 6.45) is 26.0. The third kappa shape index (κ3) is 40.0. The maximum atomic E-state index is 14.1. The van der Waals surface area contributed by atoms with E-state index in [0.717, 1.165) is 200 Å². The van der Waals surface area contributed by atoms with Gasteiger partial charge in [0.15, 0.2) is 34.2 Å². The Morgan fingerprint density at radius 1 is 0.460 bits per heavy atom. The predicted octanol–water partition coefficient (Wildman–Crippen LogP) is 18.7. The largest absolute Gasteiger partial charge is 0.444 e. The molecular weight excluding hydrogens is 2160 g/mol. The Labute approximate surface area is 897 Å². The molecule has 0 aliphatic heterocycles. The Kier molecular flexibility index (Phi) is 50.6. The zero-order valence-electron chi connectivity index (χ0n) is 87.6. The number of aromatic nitrogens is 12. The molecule has 0 spiro atoms. The van der Waals surface area contributed by atoms with E-state index in [-0.39, 0.29) is 119 Å². The van der Waals surface area contributed by atoms with Crippen molar-refractivity contribution >= 4 is 93.0 Å². The minimum atomic E-state index is -2.90. The van der Waals surface area contributed by atoms with Crippen molar-refractivity contribution in [3.05, 3.63) is 127 Å². The number of carbonyl (C=O) groups excluding carboxylic acids is 6. The van der Waals surface area contributed by atoms with Crippen LogP contribution in [0.3, 0.4) is 0 Å². The van der Waals surface area contributed by atoms with Crippen molar-refractivity contribution in [1.82, 2.24) is 74.4 Å². The average Bonchev–Trinajstić information content (AvgIpc) is 1.63. The van der Waals surface area contributed by atoms with Crippen molar-refractivity contribution < 1.29 is 113 Å². The van der Waals surface area contributed by atoms with E-state index in [1.807, 2.05) is 13.1 Å². The van der Waals surface area contributed by atoms with Crippen LogP contribution < -0.4 is 53.6 Å². The number of alkyl halides is 6. The molecule has 6 aliphatic carbocycles. The number of nitrogens with zero attached hydrogens (tertiary/aromatic N) is 16. The van der Waals surface area contributed by atoms with Crippen LogP contribution in [0.2, 0.25) is 0 Å². The summed E-state index contributed by atoms with van der Waals surface area (Å²) in [4.78, 5) is 110. The van der Waals surface area contributed by atoms with E-state index in [9.17, 15) is 55.1 Å². The molecule has 1 atom stereocenters. The third-order valence-electron chi connectivity index (χ3n) is 25.9. The van der Waals surface area contributed by atoms with Gasteiger partial charge in [-0.25, -0.2) is 65.8 Å². The number of hydrogen-bond acceptors (Lipinski definition) is 30. The van der Waals surface area contributed by atoms with Crippen LogP contribution in [0.5, 0.6) is 0 Å². The quantitative estimate of drug-likeness (QED) is 0.00759. The summed E-state index contributed by atoms with van der Waals surface area (Å²) in [5.41, 5.74) is 14.6.